The van der Waals surface area contributed by atoms with Crippen LogP contribution in [0, 0.1) is 30.4 Å². The molecule has 318 valence electrons. The van der Waals surface area contributed by atoms with Gasteiger partial charge in [-0.05, 0) is 107 Å². The van der Waals surface area contributed by atoms with Gasteiger partial charge in [0.15, 0.2) is 0 Å². The molecule has 4 fully saturated rings. The van der Waals surface area contributed by atoms with Crippen LogP contribution in [0.5, 0.6) is 5.88 Å². The number of aryl methyl sites for hydroxylation is 2. The van der Waals surface area contributed by atoms with E-state index in [1.165, 1.54) is 12.1 Å². The summed E-state index contributed by atoms with van der Waals surface area (Å²) in [5, 5.41) is 9.81. The van der Waals surface area contributed by atoms with Crippen LogP contribution in [0.4, 0.5) is 26.1 Å². The molecule has 14 nitrogen and oxygen atoms in total. The highest BCUT2D eigenvalue weighted by atomic mass is 19.1. The van der Waals surface area contributed by atoms with Crippen molar-refractivity contribution >= 4 is 46.1 Å². The third kappa shape index (κ3) is 7.38. The molecule has 7 heterocycles. The van der Waals surface area contributed by atoms with Gasteiger partial charge in [0.25, 0.3) is 5.91 Å². The highest BCUT2D eigenvalue weighted by molar-refractivity contribution is 6.05. The number of imide groups is 1. The van der Waals surface area contributed by atoms with Crippen LogP contribution in [0.15, 0.2) is 48.7 Å². The average molecular weight is 833 g/mol. The number of hydrogen-bond donors (Lipinski definition) is 2. The van der Waals surface area contributed by atoms with Gasteiger partial charge in [0, 0.05) is 86.5 Å². The molecule has 5 aliphatic rings. The van der Waals surface area contributed by atoms with Gasteiger partial charge in [-0.1, -0.05) is 0 Å². The van der Waals surface area contributed by atoms with Crippen LogP contribution in [-0.4, -0.2) is 98.9 Å². The number of imidazole rings is 1. The molecule has 3 amide bonds. The smallest absolute Gasteiger partial charge is 0.258 e. The molecule has 2 N–H and O–H groups in total. The van der Waals surface area contributed by atoms with Gasteiger partial charge in [-0.25, -0.2) is 18.4 Å². The normalized spacial score (nSPS) is 22.6. The van der Waals surface area contributed by atoms with Crippen LogP contribution in [0.1, 0.15) is 72.5 Å². The molecule has 2 aromatic carbocycles. The number of carbonyl (C=O) groups is 3. The summed E-state index contributed by atoms with van der Waals surface area (Å²) in [6, 6.07) is 13.3. The zero-order chi connectivity index (χ0) is 42.1. The number of benzene rings is 2. The van der Waals surface area contributed by atoms with Crippen molar-refractivity contribution in [1.82, 2.24) is 34.5 Å². The number of amides is 3. The Morgan fingerprint density at radius 3 is 2.38 bits per heavy atom. The van der Waals surface area contributed by atoms with Gasteiger partial charge in [-0.3, -0.25) is 34.9 Å². The first kappa shape index (κ1) is 39.2. The molecule has 1 saturated carbocycles. The van der Waals surface area contributed by atoms with E-state index in [-0.39, 0.29) is 24.3 Å². The largest absolute Gasteiger partial charge is 0.477 e. The molecule has 10 rings (SSSR count). The summed E-state index contributed by atoms with van der Waals surface area (Å²) in [6.45, 7) is 6.24. The lowest BCUT2D eigenvalue weighted by atomic mass is 9.89. The maximum atomic E-state index is 15.3. The second kappa shape index (κ2) is 15.5. The number of halogens is 2. The van der Waals surface area contributed by atoms with Gasteiger partial charge in [0.2, 0.25) is 23.6 Å². The molecule has 4 aliphatic heterocycles. The molecule has 61 heavy (non-hydrogen) atoms. The summed E-state index contributed by atoms with van der Waals surface area (Å²) >= 11 is 0. The van der Waals surface area contributed by atoms with Crippen LogP contribution >= 0.6 is 0 Å². The summed E-state index contributed by atoms with van der Waals surface area (Å²) in [4.78, 5) is 54.4. The van der Waals surface area contributed by atoms with Crippen molar-refractivity contribution in [2.45, 2.75) is 76.4 Å². The van der Waals surface area contributed by atoms with Crippen molar-refractivity contribution in [3.8, 4) is 17.1 Å². The topological polar surface area (TPSA) is 143 Å². The number of pyridine rings is 1. The Balaban J connectivity index is 0.822. The summed E-state index contributed by atoms with van der Waals surface area (Å²) in [5.41, 5.74) is 5.73. The monoisotopic (exact) mass is 832 g/mol. The van der Waals surface area contributed by atoms with Crippen LogP contribution in [-0.2, 0) is 23.2 Å². The number of fused-ring (bicyclic) bond motifs is 9. The van der Waals surface area contributed by atoms with E-state index in [0.717, 1.165) is 74.0 Å². The standard InChI is InChI=1S/C45H50F2N10O4/c1-25-14-28-16-38(49-25)34-20-48-54(3)44(34)61-24-27-5-4-26(15-27)21-57-39-19-30(6-8-37(39)50-45(57)52-42(28)59)56-22-32(23-56)53(2)29-10-12-55(13-11-29)31-17-35(46)41(36(47)18-31)33-7-9-40(58)51-43(33)60/h6,8,14,16-20,26-27,29,32-33H,4-5,7,9-13,15,21-24H2,1-3H3,(H,50,52,59)(H,51,58,60)/t26-,27+,33-/m1/s1. The molecule has 1 aliphatic carbocycles. The third-order valence-corrected chi connectivity index (χ3v) is 13.7. The van der Waals surface area contributed by atoms with E-state index in [4.69, 9.17) is 14.7 Å². The van der Waals surface area contributed by atoms with Gasteiger partial charge in [0.1, 0.15) is 11.6 Å². The Kier molecular flexibility index (Phi) is 9.99. The van der Waals surface area contributed by atoms with Crippen LogP contribution in [0.25, 0.3) is 22.3 Å². The lowest BCUT2D eigenvalue weighted by molar-refractivity contribution is -0.134. The summed E-state index contributed by atoms with van der Waals surface area (Å²) in [7, 11) is 4.04. The van der Waals surface area contributed by atoms with Gasteiger partial charge < -0.3 is 19.1 Å². The van der Waals surface area contributed by atoms with Crippen molar-refractivity contribution in [3.63, 3.8) is 0 Å². The summed E-state index contributed by atoms with van der Waals surface area (Å²) in [6.07, 6.45) is 6.72. The molecule has 3 aromatic heterocycles. The first-order valence-corrected chi connectivity index (χ1v) is 21.5. The van der Waals surface area contributed by atoms with Gasteiger partial charge >= 0.3 is 0 Å². The second-order valence-corrected chi connectivity index (χ2v) is 17.7. The van der Waals surface area contributed by atoms with Crippen LogP contribution < -0.4 is 25.2 Å². The maximum Gasteiger partial charge on any atom is 0.258 e. The Hall–Kier alpha value is -5.90. The fourth-order valence-corrected chi connectivity index (χ4v) is 10.2. The van der Waals surface area contributed by atoms with Crippen molar-refractivity contribution in [2.24, 2.45) is 18.9 Å². The number of anilines is 3. The molecule has 4 bridgehead atoms. The molecular formula is C45H50F2N10O4. The quantitative estimate of drug-likeness (QED) is 0.209. The van der Waals surface area contributed by atoms with Crippen LogP contribution in [0.3, 0.4) is 0 Å². The molecule has 0 unspecified atom stereocenters. The number of piperidine rings is 2. The molecule has 3 saturated heterocycles. The van der Waals surface area contributed by atoms with E-state index < -0.39 is 29.4 Å². The van der Waals surface area contributed by atoms with Gasteiger partial charge in [0.05, 0.1) is 41.0 Å². The number of rotatable bonds is 5. The lowest BCUT2D eigenvalue weighted by Crippen LogP contribution is -2.61. The van der Waals surface area contributed by atoms with Crippen molar-refractivity contribution in [3.05, 3.63) is 77.1 Å². The van der Waals surface area contributed by atoms with Crippen molar-refractivity contribution in [1.29, 1.82) is 0 Å². The minimum atomic E-state index is -1.01. The molecule has 0 spiro atoms. The number of nitrogens with zero attached hydrogens (tertiary/aromatic N) is 8. The minimum Gasteiger partial charge on any atom is -0.477 e. The van der Waals surface area contributed by atoms with Gasteiger partial charge in [-0.2, -0.15) is 5.10 Å². The number of ether oxygens (including phenoxy) is 1. The number of aromatic nitrogens is 5. The third-order valence-electron chi connectivity index (χ3n) is 13.7. The second-order valence-electron chi connectivity index (χ2n) is 17.7. The van der Waals surface area contributed by atoms with E-state index in [1.54, 1.807) is 23.0 Å². The van der Waals surface area contributed by atoms with Crippen LogP contribution in [0.2, 0.25) is 0 Å². The zero-order valence-corrected chi connectivity index (χ0v) is 34.7. The Morgan fingerprint density at radius 1 is 0.836 bits per heavy atom. The van der Waals surface area contributed by atoms with E-state index in [0.29, 0.717) is 78.1 Å². The fraction of sp³-hybridized carbons (Fsp3) is 0.467. The SMILES string of the molecule is Cc1cc2cc(n1)-c1cnn(C)c1OC[C@H]1CC[C@H](C1)Cn1c(nc3ccc(N4CC(N(C)C5CCN(c6cc(F)c([C@H]7CCC(=O)NC7=O)c(F)c6)CC5)C4)cc31)NC2=O. The number of hydrogen-bond acceptors (Lipinski definition) is 10. The van der Waals surface area contributed by atoms with E-state index in [2.05, 4.69) is 55.3 Å². The van der Waals surface area contributed by atoms with E-state index in [1.807, 2.05) is 18.9 Å². The maximum absolute atomic E-state index is 15.3. The molecule has 5 aromatic rings. The first-order valence-electron chi connectivity index (χ1n) is 21.5. The minimum absolute atomic E-state index is 0.0564. The Bertz CT molecular complexity index is 2540. The van der Waals surface area contributed by atoms with E-state index in [9.17, 15) is 14.4 Å². The average Bonchev–Trinajstić information content (AvgIpc) is 3.93. The zero-order valence-electron chi connectivity index (χ0n) is 34.7. The first-order chi connectivity index (χ1) is 29.4. The number of carbonyl (C=O) groups excluding carboxylic acids is 3. The number of nitrogens with one attached hydrogen (secondary N) is 2. The highest BCUT2D eigenvalue weighted by Crippen LogP contribution is 2.38. The predicted octanol–water partition coefficient (Wildman–Crippen LogP) is 5.79. The number of likely N-dealkylation sites (N-methyl/N-ethyl adjacent to an activating group) is 1. The molecule has 3 atom stereocenters. The summed E-state index contributed by atoms with van der Waals surface area (Å²) < 4.78 is 41.0. The summed E-state index contributed by atoms with van der Waals surface area (Å²) in [5.74, 6) is -1.86. The van der Waals surface area contributed by atoms with Crippen molar-refractivity contribution in [2.75, 3.05) is 55.0 Å². The van der Waals surface area contributed by atoms with Gasteiger partial charge in [-0.15, -0.1) is 0 Å². The fourth-order valence-electron chi connectivity index (χ4n) is 10.2. The predicted molar refractivity (Wildman–Crippen MR) is 226 cm³/mol. The molecule has 16 heteroatoms. The lowest BCUT2D eigenvalue weighted by Gasteiger charge is -2.49. The Morgan fingerprint density at radius 2 is 1.61 bits per heavy atom. The molecule has 0 radical (unpaired) electrons. The van der Waals surface area contributed by atoms with E-state index >= 15 is 8.78 Å². The Labute approximate surface area is 352 Å². The highest BCUT2D eigenvalue weighted by Gasteiger charge is 2.37. The molecular weight excluding hydrogens is 783 g/mol. The van der Waals surface area contributed by atoms with Crippen molar-refractivity contribution < 1.29 is 27.9 Å².